The quantitative estimate of drug-likeness (QED) is 0.616. The standard InChI is InChI=1S/C10H5ClF4N2S/c11-4-7-16-17-9(18-7)5-2-1-3-6(8(5)12)10(13,14)15/h1-3H,4H2. The second-order valence-corrected chi connectivity index (χ2v) is 4.63. The van der Waals surface area contributed by atoms with E-state index in [1.165, 1.54) is 6.07 Å². The molecule has 1 heterocycles. The maximum Gasteiger partial charge on any atom is 0.419 e. The molecule has 0 N–H and O–H groups in total. The molecule has 2 nitrogen and oxygen atoms in total. The van der Waals surface area contributed by atoms with Gasteiger partial charge < -0.3 is 0 Å². The average Bonchev–Trinajstić information content (AvgIpc) is 2.76. The van der Waals surface area contributed by atoms with Gasteiger partial charge in [-0.1, -0.05) is 17.4 Å². The first-order valence-corrected chi connectivity index (χ1v) is 6.03. The molecule has 8 heteroatoms. The summed E-state index contributed by atoms with van der Waals surface area (Å²) in [6.45, 7) is 0. The summed E-state index contributed by atoms with van der Waals surface area (Å²) >= 11 is 6.46. The van der Waals surface area contributed by atoms with E-state index in [0.717, 1.165) is 17.4 Å². The minimum Gasteiger partial charge on any atom is -0.206 e. The van der Waals surface area contributed by atoms with Gasteiger partial charge in [-0.25, -0.2) is 4.39 Å². The molecule has 0 radical (unpaired) electrons. The fourth-order valence-corrected chi connectivity index (χ4v) is 2.26. The predicted octanol–water partition coefficient (Wildman–Crippen LogP) is 4.10. The summed E-state index contributed by atoms with van der Waals surface area (Å²) in [7, 11) is 0. The molecule has 1 aromatic carbocycles. The molecule has 0 fully saturated rings. The molecule has 0 bridgehead atoms. The van der Waals surface area contributed by atoms with E-state index in [0.29, 0.717) is 11.1 Å². The highest BCUT2D eigenvalue weighted by atomic mass is 35.5. The van der Waals surface area contributed by atoms with E-state index in [-0.39, 0.29) is 16.5 Å². The molecule has 0 amide bonds. The Balaban J connectivity index is 2.52. The minimum absolute atomic E-state index is 0.0780. The van der Waals surface area contributed by atoms with Gasteiger partial charge in [0.05, 0.1) is 11.4 Å². The molecule has 0 aliphatic carbocycles. The summed E-state index contributed by atoms with van der Waals surface area (Å²) in [6, 6.07) is 3.04. The highest BCUT2D eigenvalue weighted by Crippen LogP contribution is 2.36. The zero-order valence-corrected chi connectivity index (χ0v) is 10.2. The Kier molecular flexibility index (Phi) is 3.54. The van der Waals surface area contributed by atoms with Gasteiger partial charge in [-0.2, -0.15) is 13.2 Å². The third-order valence-corrected chi connectivity index (χ3v) is 3.48. The van der Waals surface area contributed by atoms with Gasteiger partial charge in [0.25, 0.3) is 0 Å². The van der Waals surface area contributed by atoms with Gasteiger partial charge in [-0.15, -0.1) is 21.8 Å². The van der Waals surface area contributed by atoms with Gasteiger partial charge in [0.15, 0.2) is 5.01 Å². The van der Waals surface area contributed by atoms with Crippen molar-refractivity contribution in [2.75, 3.05) is 0 Å². The summed E-state index contributed by atoms with van der Waals surface area (Å²) in [6.07, 6.45) is -4.74. The van der Waals surface area contributed by atoms with Crippen LogP contribution in [-0.4, -0.2) is 10.2 Å². The molecular weight excluding hydrogens is 292 g/mol. The van der Waals surface area contributed by atoms with Crippen LogP contribution in [0.5, 0.6) is 0 Å². The lowest BCUT2D eigenvalue weighted by molar-refractivity contribution is -0.139. The molecule has 18 heavy (non-hydrogen) atoms. The van der Waals surface area contributed by atoms with Gasteiger partial charge in [0.1, 0.15) is 10.8 Å². The fraction of sp³-hybridized carbons (Fsp3) is 0.200. The molecule has 0 saturated heterocycles. The van der Waals surface area contributed by atoms with Crippen molar-refractivity contribution in [3.63, 3.8) is 0 Å². The number of benzene rings is 1. The summed E-state index contributed by atoms with van der Waals surface area (Å²) in [5.74, 6) is -1.26. The molecule has 0 saturated carbocycles. The van der Waals surface area contributed by atoms with E-state index in [1.54, 1.807) is 0 Å². The van der Waals surface area contributed by atoms with Crippen LogP contribution in [0.15, 0.2) is 18.2 Å². The first-order valence-electron chi connectivity index (χ1n) is 4.68. The summed E-state index contributed by atoms with van der Waals surface area (Å²) in [5, 5.41) is 7.75. The van der Waals surface area contributed by atoms with Crippen LogP contribution >= 0.6 is 22.9 Å². The minimum atomic E-state index is -4.74. The zero-order valence-electron chi connectivity index (χ0n) is 8.63. The van der Waals surface area contributed by atoms with Crippen molar-refractivity contribution >= 4 is 22.9 Å². The molecule has 2 rings (SSSR count). The highest BCUT2D eigenvalue weighted by Gasteiger charge is 2.35. The average molecular weight is 297 g/mol. The third-order valence-electron chi connectivity index (χ3n) is 2.12. The maximum absolute atomic E-state index is 13.8. The van der Waals surface area contributed by atoms with Crippen molar-refractivity contribution in [2.24, 2.45) is 0 Å². The Morgan fingerprint density at radius 3 is 2.50 bits per heavy atom. The van der Waals surface area contributed by atoms with E-state index >= 15 is 0 Å². The normalized spacial score (nSPS) is 11.8. The van der Waals surface area contributed by atoms with Crippen molar-refractivity contribution in [3.8, 4) is 10.6 Å². The zero-order chi connectivity index (χ0) is 13.3. The number of nitrogens with zero attached hydrogens (tertiary/aromatic N) is 2. The third kappa shape index (κ3) is 2.46. The topological polar surface area (TPSA) is 25.8 Å². The Morgan fingerprint density at radius 2 is 1.94 bits per heavy atom. The lowest BCUT2D eigenvalue weighted by atomic mass is 10.1. The molecule has 1 aromatic heterocycles. The van der Waals surface area contributed by atoms with Crippen LogP contribution < -0.4 is 0 Å². The predicted molar refractivity (Wildman–Crippen MR) is 59.9 cm³/mol. The lowest BCUT2D eigenvalue weighted by Gasteiger charge is -2.09. The Hall–Kier alpha value is -1.21. The fourth-order valence-electron chi connectivity index (χ4n) is 1.33. The number of hydrogen-bond acceptors (Lipinski definition) is 3. The largest absolute Gasteiger partial charge is 0.419 e. The van der Waals surface area contributed by atoms with Gasteiger partial charge in [0.2, 0.25) is 0 Å². The number of aromatic nitrogens is 2. The van der Waals surface area contributed by atoms with E-state index < -0.39 is 17.6 Å². The van der Waals surface area contributed by atoms with Gasteiger partial charge in [0, 0.05) is 5.56 Å². The molecule has 0 aliphatic heterocycles. The SMILES string of the molecule is Fc1c(-c2nnc(CCl)s2)cccc1C(F)(F)F. The molecule has 96 valence electrons. The molecule has 0 atom stereocenters. The van der Waals surface area contributed by atoms with Crippen LogP contribution in [0, 0.1) is 5.82 Å². The number of rotatable bonds is 2. The number of halogens is 5. The van der Waals surface area contributed by atoms with Crippen molar-refractivity contribution in [1.29, 1.82) is 0 Å². The monoisotopic (exact) mass is 296 g/mol. The van der Waals surface area contributed by atoms with Crippen LogP contribution in [0.4, 0.5) is 17.6 Å². The first kappa shape index (κ1) is 13.2. The summed E-state index contributed by atoms with van der Waals surface area (Å²) in [5.41, 5.74) is -1.54. The van der Waals surface area contributed by atoms with Crippen molar-refractivity contribution in [2.45, 2.75) is 12.1 Å². The molecule has 2 aromatic rings. The van der Waals surface area contributed by atoms with Crippen LogP contribution in [0.2, 0.25) is 0 Å². The molecular formula is C10H5ClF4N2S. The van der Waals surface area contributed by atoms with E-state index in [9.17, 15) is 17.6 Å². The van der Waals surface area contributed by atoms with Crippen LogP contribution in [0.1, 0.15) is 10.6 Å². The van der Waals surface area contributed by atoms with Gasteiger partial charge in [-0.05, 0) is 12.1 Å². The smallest absolute Gasteiger partial charge is 0.206 e. The molecule has 0 unspecified atom stereocenters. The number of hydrogen-bond donors (Lipinski definition) is 0. The second kappa shape index (κ2) is 4.81. The van der Waals surface area contributed by atoms with E-state index in [2.05, 4.69) is 10.2 Å². The molecule has 0 spiro atoms. The van der Waals surface area contributed by atoms with Gasteiger partial charge >= 0.3 is 6.18 Å². The lowest BCUT2D eigenvalue weighted by Crippen LogP contribution is -2.08. The maximum atomic E-state index is 13.8. The Bertz CT molecular complexity index is 567. The van der Waals surface area contributed by atoms with Crippen molar-refractivity contribution in [1.82, 2.24) is 10.2 Å². The van der Waals surface area contributed by atoms with Gasteiger partial charge in [-0.3, -0.25) is 0 Å². The van der Waals surface area contributed by atoms with Crippen molar-refractivity contribution < 1.29 is 17.6 Å². The van der Waals surface area contributed by atoms with Crippen LogP contribution in [0.25, 0.3) is 10.6 Å². The number of alkyl halides is 4. The molecule has 0 aliphatic rings. The second-order valence-electron chi connectivity index (χ2n) is 3.30. The Labute approximate surface area is 108 Å². The Morgan fingerprint density at radius 1 is 1.22 bits per heavy atom. The first-order chi connectivity index (χ1) is 8.43. The highest BCUT2D eigenvalue weighted by molar-refractivity contribution is 7.14. The summed E-state index contributed by atoms with van der Waals surface area (Å²) in [4.78, 5) is 0. The van der Waals surface area contributed by atoms with Crippen LogP contribution in [-0.2, 0) is 12.1 Å². The van der Waals surface area contributed by atoms with Crippen LogP contribution in [0.3, 0.4) is 0 Å². The van der Waals surface area contributed by atoms with Crippen molar-refractivity contribution in [3.05, 3.63) is 34.6 Å². The van der Waals surface area contributed by atoms with E-state index in [4.69, 9.17) is 11.6 Å². The van der Waals surface area contributed by atoms with E-state index in [1.807, 2.05) is 0 Å². The summed E-state index contributed by atoms with van der Waals surface area (Å²) < 4.78 is 51.3.